The Labute approximate surface area is 466 Å². The van der Waals surface area contributed by atoms with Crippen LogP contribution in [0.2, 0.25) is 0 Å². The van der Waals surface area contributed by atoms with E-state index >= 15 is 8.78 Å². The van der Waals surface area contributed by atoms with Crippen molar-refractivity contribution in [3.8, 4) is 11.8 Å². The van der Waals surface area contributed by atoms with Gasteiger partial charge in [0.2, 0.25) is 5.91 Å². The highest BCUT2D eigenvalue weighted by molar-refractivity contribution is 6.06. The van der Waals surface area contributed by atoms with E-state index in [-0.39, 0.29) is 11.1 Å². The van der Waals surface area contributed by atoms with E-state index in [1.807, 2.05) is 22.9 Å². The van der Waals surface area contributed by atoms with Gasteiger partial charge in [0, 0.05) is 72.9 Å². The minimum Gasteiger partial charge on any atom is -0.453 e. The van der Waals surface area contributed by atoms with Gasteiger partial charge in [-0.1, -0.05) is 24.0 Å². The number of piperazine rings is 1. The van der Waals surface area contributed by atoms with Crippen LogP contribution >= 0.6 is 0 Å². The first kappa shape index (κ1) is 64.0. The van der Waals surface area contributed by atoms with Gasteiger partial charge in [0.1, 0.15) is 29.5 Å². The summed E-state index contributed by atoms with van der Waals surface area (Å²) in [5, 5.41) is 28.1. The fraction of sp³-hybridized carbons (Fsp3) is 0.519. The lowest BCUT2D eigenvalue weighted by atomic mass is 9.82. The van der Waals surface area contributed by atoms with Crippen molar-refractivity contribution < 1.29 is 82.4 Å². The molecule has 3 aliphatic heterocycles. The van der Waals surface area contributed by atoms with Gasteiger partial charge in [0.05, 0.1) is 61.7 Å². The van der Waals surface area contributed by atoms with Crippen molar-refractivity contribution in [2.45, 2.75) is 121 Å². The van der Waals surface area contributed by atoms with E-state index in [1.54, 1.807) is 16.8 Å². The lowest BCUT2D eigenvalue weighted by molar-refractivity contribution is -0.221. The van der Waals surface area contributed by atoms with Crippen LogP contribution in [0.5, 0.6) is 0 Å². The molecule has 4 amide bonds. The third-order valence-corrected chi connectivity index (χ3v) is 14.8. The van der Waals surface area contributed by atoms with Gasteiger partial charge < -0.3 is 50.9 Å². The number of halogens is 10. The summed E-state index contributed by atoms with van der Waals surface area (Å²) < 4.78 is 159. The summed E-state index contributed by atoms with van der Waals surface area (Å²) >= 11 is 0. The number of anilines is 1. The summed E-state index contributed by atoms with van der Waals surface area (Å²) in [5.41, 5.74) is -4.98. The van der Waals surface area contributed by atoms with Gasteiger partial charge in [-0.15, -0.1) is 0 Å². The van der Waals surface area contributed by atoms with E-state index in [2.05, 4.69) is 48.3 Å². The number of hydrogen-bond donors (Lipinski definition) is 7. The first-order valence-electron chi connectivity index (χ1n) is 25.6. The number of rotatable bonds is 21. The molecule has 2 unspecified atom stereocenters. The number of methoxy groups -OCH3 is 2. The van der Waals surface area contributed by atoms with Gasteiger partial charge in [-0.3, -0.25) is 19.9 Å². The molecule has 82 heavy (non-hydrogen) atoms. The monoisotopic (exact) mass is 1170 g/mol. The number of aliphatic hydroxyl groups excluding tert-OH is 1. The molecule has 0 aliphatic carbocycles. The molecule has 0 saturated carbocycles. The Hall–Kier alpha value is -7.22. The molecule has 2 bridgehead atoms. The molecule has 6 rings (SSSR count). The van der Waals surface area contributed by atoms with Crippen LogP contribution in [0.4, 0.5) is 59.3 Å². The first-order valence-corrected chi connectivity index (χ1v) is 25.6. The van der Waals surface area contributed by atoms with Gasteiger partial charge in [0.15, 0.2) is 0 Å². The van der Waals surface area contributed by atoms with Gasteiger partial charge >= 0.3 is 31.1 Å². The highest BCUT2D eigenvalue weighted by Gasteiger charge is 2.58. The number of ether oxygens (including phenoxy) is 3. The van der Waals surface area contributed by atoms with Crippen molar-refractivity contribution in [1.29, 1.82) is 5.41 Å². The van der Waals surface area contributed by atoms with Crippen molar-refractivity contribution in [1.82, 2.24) is 41.6 Å². The molecule has 3 aromatic rings. The summed E-state index contributed by atoms with van der Waals surface area (Å²) in [4.78, 5) is 62.4. The second kappa shape index (κ2) is 25.9. The topological polar surface area (TPSA) is 223 Å². The lowest BCUT2D eigenvalue weighted by Gasteiger charge is -2.54. The molecule has 3 aliphatic rings. The number of aliphatic hydroxyl groups is 1. The average Bonchev–Trinajstić information content (AvgIpc) is 2.94. The van der Waals surface area contributed by atoms with E-state index in [0.29, 0.717) is 87.5 Å². The maximum atomic E-state index is 15.9. The molecular formula is C54H64F10N10O8. The zero-order valence-electron chi connectivity index (χ0n) is 45.6. The summed E-state index contributed by atoms with van der Waals surface area (Å²) in [6.07, 6.45) is -10.9. The molecule has 6 atom stereocenters. The van der Waals surface area contributed by atoms with Crippen molar-refractivity contribution in [3.63, 3.8) is 0 Å². The quantitative estimate of drug-likeness (QED) is 0.0201. The molecule has 2 aromatic carbocycles. The zero-order valence-corrected chi connectivity index (χ0v) is 45.6. The number of allylic oxidation sites excluding steroid dienone is 1. The molecule has 18 nitrogen and oxygen atoms in total. The third kappa shape index (κ3) is 15.3. The predicted octanol–water partition coefficient (Wildman–Crippen LogP) is 6.44. The Balaban J connectivity index is 1.31. The second-order valence-electron chi connectivity index (χ2n) is 21.5. The number of alkyl carbamates (subject to hydrolysis) is 2. The standard InChI is InChI=1S/C54H64F10N10O8/c1-50(2,53(59,60)61)43(69-48(78)80-6)45(76)68-40(20-31-11-8-30(9-12-31)10-13-32-14-17-42(67-23-32)72-24-34-15-16-35(25-72)74(34)52(5)28-82-29-52)41(75)27-73(71-46(77)44(70-49(79)81-7)51(3,4)54(62,63)64)26-36-37(55)21-33(22-38(36)56)39(65)18-19-66-47(57)58/h8-9,11-12,14,17-19,21-23,34-35,40-41,43-44,47,65-66,75H,15-16,20,24-29H2,1-7H3,(H,68,76)(H,69,78)(H,70,79)(H,71,77)/b19-18-,65-39?/t34?,35?,40-,41-,43+,44+/m0/s1. The SMILES string of the molecule is COC(=O)N[C@H](C(=O)N[C@@H](Cc1ccc(C#Cc2ccc(N3CC4CCC(C3)N4C3(C)COC3)nc2)cc1)[C@@H](O)CN(Cc1c(F)cc(C(=N)/C=C\NC(F)F)cc1F)NC(=O)[C@@H](NC(=O)OC)C(C)(C)C(F)(F)F)C(C)(C)C(F)(F)F. The average molecular weight is 1170 g/mol. The summed E-state index contributed by atoms with van der Waals surface area (Å²) in [7, 11) is 1.59. The molecule has 28 heteroatoms. The van der Waals surface area contributed by atoms with E-state index in [9.17, 15) is 59.4 Å². The zero-order chi connectivity index (χ0) is 60.7. The first-order chi connectivity index (χ1) is 38.3. The number of fused-ring (bicyclic) bond motifs is 2. The van der Waals surface area contributed by atoms with Crippen LogP contribution in [0.25, 0.3) is 0 Å². The van der Waals surface area contributed by atoms with Gasteiger partial charge in [0.25, 0.3) is 5.91 Å². The van der Waals surface area contributed by atoms with Crippen LogP contribution in [0.3, 0.4) is 0 Å². The van der Waals surface area contributed by atoms with E-state index in [4.69, 9.17) is 10.1 Å². The molecule has 7 N–H and O–H groups in total. The van der Waals surface area contributed by atoms with E-state index in [0.717, 1.165) is 52.0 Å². The predicted molar refractivity (Wildman–Crippen MR) is 277 cm³/mol. The number of benzene rings is 2. The van der Waals surface area contributed by atoms with Gasteiger partial charge in [-0.2, -0.15) is 35.1 Å². The smallest absolute Gasteiger partial charge is 0.407 e. The van der Waals surface area contributed by atoms with Crippen molar-refractivity contribution >= 4 is 35.5 Å². The summed E-state index contributed by atoms with van der Waals surface area (Å²) in [6.45, 7) is 2.16. The molecule has 448 valence electrons. The van der Waals surface area contributed by atoms with E-state index < -0.39 is 126 Å². The van der Waals surface area contributed by atoms with Gasteiger partial charge in [-0.25, -0.2) is 28.4 Å². The maximum Gasteiger partial charge on any atom is 0.407 e. The molecule has 0 radical (unpaired) electrons. The Morgan fingerprint density at radius 3 is 1.84 bits per heavy atom. The Bertz CT molecular complexity index is 2840. The molecule has 0 spiro atoms. The molecule has 3 fully saturated rings. The van der Waals surface area contributed by atoms with Crippen LogP contribution in [0.15, 0.2) is 67.0 Å². The summed E-state index contributed by atoms with van der Waals surface area (Å²) in [6, 6.07) is 4.85. The lowest BCUT2D eigenvalue weighted by Crippen LogP contribution is -2.68. The number of hydrazine groups is 1. The van der Waals surface area contributed by atoms with Crippen molar-refractivity contribution in [3.05, 3.63) is 106 Å². The molecular weight excluding hydrogens is 1110 g/mol. The highest BCUT2D eigenvalue weighted by atomic mass is 19.4. The largest absolute Gasteiger partial charge is 0.453 e. The molecule has 4 heterocycles. The Morgan fingerprint density at radius 1 is 0.841 bits per heavy atom. The van der Waals surface area contributed by atoms with Crippen LogP contribution < -0.4 is 31.6 Å². The molecule has 1 aromatic heterocycles. The number of hydrogen-bond acceptors (Lipinski definition) is 14. The highest BCUT2D eigenvalue weighted by Crippen LogP contribution is 2.43. The number of carbonyl (C=O) groups excluding carboxylic acids is 4. The number of carbonyl (C=O) groups is 4. The van der Waals surface area contributed by atoms with E-state index in [1.165, 1.54) is 24.3 Å². The van der Waals surface area contributed by atoms with Crippen molar-refractivity contribution in [2.24, 2.45) is 10.8 Å². The number of aromatic nitrogens is 1. The number of nitrogens with zero attached hydrogens (tertiary/aromatic N) is 4. The second-order valence-corrected chi connectivity index (χ2v) is 21.5. The van der Waals surface area contributed by atoms with Crippen molar-refractivity contribution in [2.75, 3.05) is 52.0 Å². The number of alkyl halides is 8. The normalized spacial score (nSPS) is 18.8. The van der Waals surface area contributed by atoms with Crippen LogP contribution in [-0.2, 0) is 36.8 Å². The number of pyridine rings is 1. The maximum absolute atomic E-state index is 15.9. The Morgan fingerprint density at radius 2 is 1.37 bits per heavy atom. The summed E-state index contributed by atoms with van der Waals surface area (Å²) in [5.74, 6) is 0.656. The van der Waals surface area contributed by atoms with Crippen LogP contribution in [0, 0.1) is 39.7 Å². The fourth-order valence-corrected chi connectivity index (χ4v) is 9.79. The van der Waals surface area contributed by atoms with Gasteiger partial charge in [-0.05, 0) is 102 Å². The number of nitrogens with one attached hydrogen (secondary N) is 6. The van der Waals surface area contributed by atoms with Crippen LogP contribution in [-0.4, -0.2) is 158 Å². The Kier molecular flexibility index (Phi) is 20.2. The fourth-order valence-electron chi connectivity index (χ4n) is 9.79. The van der Waals surface area contributed by atoms with Crippen LogP contribution in [0.1, 0.15) is 75.3 Å². The minimum atomic E-state index is -5.24. The minimum absolute atomic E-state index is 0.0395. The third-order valence-electron chi connectivity index (χ3n) is 14.8. The molecule has 3 saturated heterocycles. The number of amides is 4.